The normalized spacial score (nSPS) is 57.6. The summed E-state index contributed by atoms with van der Waals surface area (Å²) in [5, 5.41) is 21.2. The summed E-state index contributed by atoms with van der Waals surface area (Å²) in [6.07, 6.45) is 9.96. The van der Waals surface area contributed by atoms with Gasteiger partial charge in [0.1, 0.15) is 23.9 Å². The Morgan fingerprint density at radius 3 is 2.28 bits per heavy atom. The maximum absolute atomic E-state index is 12.3. The Balaban J connectivity index is 0.775. The van der Waals surface area contributed by atoms with Crippen LogP contribution in [0.1, 0.15) is 132 Å². The average molecular weight is 899 g/mol. The number of aliphatic hydroxyl groups is 2. The molecule has 0 aromatic rings. The fraction of sp³-hybridized carbons (Fsp3) is 0.900. The summed E-state index contributed by atoms with van der Waals surface area (Å²) < 4.78 is 75.9. The van der Waals surface area contributed by atoms with Crippen LogP contribution in [0.5, 0.6) is 0 Å². The minimum absolute atomic E-state index is 0.0936. The Labute approximate surface area is 378 Å². The lowest BCUT2D eigenvalue weighted by Gasteiger charge is -2.60. The Morgan fingerprint density at radius 2 is 1.47 bits per heavy atom. The van der Waals surface area contributed by atoms with Crippen LogP contribution in [-0.2, 0) is 56.9 Å². The second-order valence-electron chi connectivity index (χ2n) is 23.2. The zero-order valence-electron chi connectivity index (χ0n) is 39.2. The number of hydrogen-bond acceptors (Lipinski definition) is 14. The van der Waals surface area contributed by atoms with Crippen LogP contribution >= 0.6 is 0 Å². The number of carbonyl (C=O) groups excluding carboxylic acids is 1. The quantitative estimate of drug-likeness (QED) is 0.276. The van der Waals surface area contributed by atoms with E-state index < -0.39 is 34.1 Å². The van der Waals surface area contributed by atoms with Gasteiger partial charge in [0.2, 0.25) is 0 Å². The largest absolute Gasteiger partial charge is 0.456 e. The van der Waals surface area contributed by atoms with Gasteiger partial charge in [-0.05, 0) is 91.1 Å². The van der Waals surface area contributed by atoms with Crippen molar-refractivity contribution in [2.24, 2.45) is 11.8 Å². The average Bonchev–Trinajstić information content (AvgIpc) is 3.43. The van der Waals surface area contributed by atoms with E-state index in [0.717, 1.165) is 24.8 Å². The second kappa shape index (κ2) is 16.0. The van der Waals surface area contributed by atoms with E-state index in [4.69, 9.17) is 52.1 Å². The van der Waals surface area contributed by atoms with Crippen LogP contribution in [0.25, 0.3) is 0 Å². The van der Waals surface area contributed by atoms with Crippen molar-refractivity contribution in [2.75, 3.05) is 6.61 Å². The van der Waals surface area contributed by atoms with Crippen LogP contribution in [-0.4, -0.2) is 155 Å². The molecule has 9 saturated heterocycles. The standard InChI is InChI=1S/C50H74O14/c1-25(24-51)14-28-17-37(52)50(8)41(54-28)19-33-34(61-50)18-32-29(55-33)10-9-12-46(4)42(58-32)23-49(7)40(62-46)21-39-47(5,64-49)13-11-30-44(60-39)26(2)15-31-36(56-30)22-48(6)38(57-31)20-35-45(63-48)27(3)16-43(53)59-35/h9-10,16,25-26,28-42,44-45,51-52H,11-15,17-24H2,1-8H3/b10-9-/t25?,26-,28-,29?,30+,31?,32+,33?,34-,35?,36-,37+,38?,39?,40?,41?,42-,44?,45-,46?,47-,48+,49+,50+/m1/s1. The molecule has 11 aliphatic rings. The molecule has 0 radical (unpaired) electrons. The third-order valence-corrected chi connectivity index (χ3v) is 18.1. The van der Waals surface area contributed by atoms with Crippen LogP contribution in [0.4, 0.5) is 0 Å². The molecule has 11 aliphatic heterocycles. The van der Waals surface area contributed by atoms with Gasteiger partial charge in [0, 0.05) is 57.6 Å². The van der Waals surface area contributed by atoms with Crippen molar-refractivity contribution in [2.45, 2.75) is 264 Å². The van der Waals surface area contributed by atoms with Crippen molar-refractivity contribution in [3.63, 3.8) is 0 Å². The lowest BCUT2D eigenvalue weighted by atomic mass is 9.72. The number of ether oxygens (including phenoxy) is 11. The lowest BCUT2D eigenvalue weighted by molar-refractivity contribution is -0.356. The number of rotatable bonds is 3. The van der Waals surface area contributed by atoms with E-state index in [1.54, 1.807) is 6.08 Å². The van der Waals surface area contributed by atoms with Gasteiger partial charge >= 0.3 is 5.97 Å². The highest BCUT2D eigenvalue weighted by Gasteiger charge is 2.64. The minimum Gasteiger partial charge on any atom is -0.456 e. The molecule has 358 valence electrons. The van der Waals surface area contributed by atoms with Gasteiger partial charge in [-0.15, -0.1) is 0 Å². The molecule has 24 atom stereocenters. The first kappa shape index (κ1) is 44.9. The molecule has 14 nitrogen and oxygen atoms in total. The van der Waals surface area contributed by atoms with Crippen LogP contribution < -0.4 is 0 Å². The highest BCUT2D eigenvalue weighted by Crippen LogP contribution is 2.55. The summed E-state index contributed by atoms with van der Waals surface area (Å²) in [5.41, 5.74) is -2.31. The van der Waals surface area contributed by atoms with Gasteiger partial charge in [-0.25, -0.2) is 4.79 Å². The molecule has 14 heteroatoms. The zero-order valence-corrected chi connectivity index (χ0v) is 39.2. The van der Waals surface area contributed by atoms with E-state index in [1.165, 1.54) is 0 Å². The number of fused-ring (bicyclic) bond motifs is 10. The van der Waals surface area contributed by atoms with Crippen LogP contribution in [0, 0.1) is 11.8 Å². The number of aliphatic hydroxyl groups excluding tert-OH is 2. The van der Waals surface area contributed by atoms with Crippen LogP contribution in [0.3, 0.4) is 0 Å². The van der Waals surface area contributed by atoms with Crippen molar-refractivity contribution >= 4 is 5.97 Å². The molecule has 0 saturated carbocycles. The third-order valence-electron chi connectivity index (χ3n) is 18.1. The molecular weight excluding hydrogens is 825 g/mol. The summed E-state index contributed by atoms with van der Waals surface area (Å²) in [4.78, 5) is 12.3. The van der Waals surface area contributed by atoms with Crippen molar-refractivity contribution in [1.29, 1.82) is 0 Å². The summed E-state index contributed by atoms with van der Waals surface area (Å²) in [6, 6.07) is 0. The summed E-state index contributed by atoms with van der Waals surface area (Å²) in [7, 11) is 0. The predicted molar refractivity (Wildman–Crippen MR) is 229 cm³/mol. The molecule has 0 bridgehead atoms. The summed E-state index contributed by atoms with van der Waals surface area (Å²) in [6.45, 7) is 17.0. The van der Waals surface area contributed by atoms with E-state index >= 15 is 0 Å². The molecule has 0 aliphatic carbocycles. The van der Waals surface area contributed by atoms with Gasteiger partial charge in [-0.2, -0.15) is 0 Å². The highest BCUT2D eigenvalue weighted by molar-refractivity contribution is 5.84. The Morgan fingerprint density at radius 1 is 0.703 bits per heavy atom. The van der Waals surface area contributed by atoms with Gasteiger partial charge in [-0.3, -0.25) is 0 Å². The molecule has 0 aromatic carbocycles. The Kier molecular flexibility index (Phi) is 11.2. The molecule has 0 amide bonds. The predicted octanol–water partition coefficient (Wildman–Crippen LogP) is 5.35. The van der Waals surface area contributed by atoms with Crippen LogP contribution in [0.15, 0.2) is 23.8 Å². The molecule has 0 aromatic heterocycles. The van der Waals surface area contributed by atoms with Crippen molar-refractivity contribution < 1.29 is 67.1 Å². The first-order chi connectivity index (χ1) is 30.4. The van der Waals surface area contributed by atoms with Gasteiger partial charge in [0.15, 0.2) is 0 Å². The number of esters is 1. The highest BCUT2D eigenvalue weighted by atomic mass is 16.7. The Bertz CT molecular complexity index is 1860. The van der Waals surface area contributed by atoms with E-state index in [-0.39, 0.29) is 122 Å². The first-order valence-electron chi connectivity index (χ1n) is 24.9. The Hall–Kier alpha value is -1.53. The molecule has 11 heterocycles. The maximum atomic E-state index is 12.3. The third kappa shape index (κ3) is 7.54. The SMILES string of the molecule is CC1=CC(=O)OC2CC3OC4C[C@@H](C)C5OC6CC7OC8(C)C/C=C\C9OC%10CC%11O[C@H](CC(C)CO)C[C@H](O)[C@]%11(C)O[C@@H]%10C[C@@H]9O[C@@H]8C[C@]7(C)O[C@]6(C)CC[C@@H]5O[C@@H]4C[C@]3(C)O[C@H]12. The van der Waals surface area contributed by atoms with Gasteiger partial charge in [0.05, 0.1) is 108 Å². The molecule has 11 rings (SSSR count). The van der Waals surface area contributed by atoms with E-state index in [2.05, 4.69) is 46.8 Å². The number of hydrogen-bond donors (Lipinski definition) is 2. The molecule has 9 fully saturated rings. The summed E-state index contributed by atoms with van der Waals surface area (Å²) in [5.74, 6) is -0.0407. The fourth-order valence-electron chi connectivity index (χ4n) is 14.2. The van der Waals surface area contributed by atoms with E-state index in [9.17, 15) is 15.0 Å². The van der Waals surface area contributed by atoms with Crippen molar-refractivity contribution in [1.82, 2.24) is 0 Å². The van der Waals surface area contributed by atoms with Crippen molar-refractivity contribution in [3.05, 3.63) is 23.8 Å². The number of carbonyl (C=O) groups is 1. The lowest BCUT2D eigenvalue weighted by Crippen LogP contribution is -2.70. The molecule has 2 N–H and O–H groups in total. The minimum atomic E-state index is -0.856. The van der Waals surface area contributed by atoms with E-state index in [0.29, 0.717) is 57.8 Å². The van der Waals surface area contributed by atoms with Gasteiger partial charge < -0.3 is 62.3 Å². The zero-order chi connectivity index (χ0) is 44.7. The molecule has 11 unspecified atom stereocenters. The summed E-state index contributed by atoms with van der Waals surface area (Å²) >= 11 is 0. The van der Waals surface area contributed by atoms with Crippen LogP contribution in [0.2, 0.25) is 0 Å². The second-order valence-corrected chi connectivity index (χ2v) is 23.2. The van der Waals surface area contributed by atoms with E-state index in [1.807, 2.05) is 20.8 Å². The van der Waals surface area contributed by atoms with Gasteiger partial charge in [-0.1, -0.05) is 26.0 Å². The maximum Gasteiger partial charge on any atom is 0.331 e. The molecule has 64 heavy (non-hydrogen) atoms. The molecule has 0 spiro atoms. The van der Waals surface area contributed by atoms with Crippen molar-refractivity contribution in [3.8, 4) is 0 Å². The first-order valence-corrected chi connectivity index (χ1v) is 24.9. The van der Waals surface area contributed by atoms with Gasteiger partial charge in [0.25, 0.3) is 0 Å². The molecular formula is C50H74O14. The fourth-order valence-corrected chi connectivity index (χ4v) is 14.2. The topological polar surface area (TPSA) is 159 Å². The monoisotopic (exact) mass is 899 g/mol. The smallest absolute Gasteiger partial charge is 0.331 e.